The number of ether oxygens (including phenoxy) is 1. The van der Waals surface area contributed by atoms with Crippen LogP contribution in [0.1, 0.15) is 26.3 Å². The molecule has 238 valence electrons. The first-order valence-electron chi connectivity index (χ1n) is 16.8. The minimum atomic E-state index is -0.230. The largest absolute Gasteiger partial charge is 0.538 e. The van der Waals surface area contributed by atoms with Crippen LogP contribution in [-0.2, 0) is 10.1 Å². The van der Waals surface area contributed by atoms with Crippen molar-refractivity contribution < 1.29 is 9.39 Å². The van der Waals surface area contributed by atoms with Crippen molar-refractivity contribution in [3.8, 4) is 17.3 Å². The molecule has 7 aromatic rings. The normalized spacial score (nSPS) is 14.1. The molecule has 0 N–H and O–H groups in total. The molecule has 0 saturated carbocycles. The van der Waals surface area contributed by atoms with Gasteiger partial charge in [0.2, 0.25) is 0 Å². The predicted molar refractivity (Wildman–Crippen MR) is 201 cm³/mol. The Balaban J connectivity index is 1.12. The fraction of sp³-hybridized carbons (Fsp3) is 0.119. The molecule has 0 bridgehead atoms. The fourth-order valence-electron chi connectivity index (χ4n) is 7.04. The van der Waals surface area contributed by atoms with E-state index in [-0.39, 0.29) is 12.3 Å². The lowest BCUT2D eigenvalue weighted by molar-refractivity contribution is 0.430. The standard InChI is InChI=1S/C42H35BN4O2/c1-42(2,3)29-22-23-44-40(24-29)47-37-17-11-10-16-34(37)35-20-18-32(25-38(35)47)48-33-19-21-36-39(26-33)46-28-45(31-14-8-5-9-15-31)27-41(46)49-43(36)30-12-6-4-7-13-30/h4-27H,28H2,1-3H3. The molecular formula is C42H35BN4O2. The molecule has 6 nitrogen and oxygen atoms in total. The third-order valence-electron chi connectivity index (χ3n) is 9.55. The Hall–Kier alpha value is -5.95. The lowest BCUT2D eigenvalue weighted by Crippen LogP contribution is -2.52. The van der Waals surface area contributed by atoms with Gasteiger partial charge in [-0.2, -0.15) is 0 Å². The molecule has 49 heavy (non-hydrogen) atoms. The van der Waals surface area contributed by atoms with Gasteiger partial charge in [-0.05, 0) is 70.4 Å². The van der Waals surface area contributed by atoms with E-state index in [4.69, 9.17) is 14.4 Å². The smallest absolute Gasteiger partial charge is 0.430 e. The summed E-state index contributed by atoms with van der Waals surface area (Å²) >= 11 is 0. The molecule has 7 heteroatoms. The average Bonchev–Trinajstić information content (AvgIpc) is 3.71. The average molecular weight is 639 g/mol. The highest BCUT2D eigenvalue weighted by atomic mass is 16.5. The molecule has 0 unspecified atom stereocenters. The molecule has 0 radical (unpaired) electrons. The summed E-state index contributed by atoms with van der Waals surface area (Å²) in [5, 5.41) is 2.34. The maximum atomic E-state index is 6.69. The second-order valence-corrected chi connectivity index (χ2v) is 13.8. The summed E-state index contributed by atoms with van der Waals surface area (Å²) < 4.78 is 15.6. The summed E-state index contributed by atoms with van der Waals surface area (Å²) in [6.45, 7) is 7.11. The summed E-state index contributed by atoms with van der Waals surface area (Å²) in [6.07, 6.45) is 4.01. The van der Waals surface area contributed by atoms with Crippen molar-refractivity contribution in [3.05, 3.63) is 157 Å². The van der Waals surface area contributed by atoms with Crippen molar-refractivity contribution in [3.63, 3.8) is 0 Å². The topological polar surface area (TPSA) is 42.8 Å². The highest BCUT2D eigenvalue weighted by Crippen LogP contribution is 2.38. The Morgan fingerprint density at radius 2 is 1.43 bits per heavy atom. The van der Waals surface area contributed by atoms with E-state index in [9.17, 15) is 0 Å². The van der Waals surface area contributed by atoms with Gasteiger partial charge in [0.15, 0.2) is 5.88 Å². The first-order chi connectivity index (χ1) is 23.9. The first kappa shape index (κ1) is 29.2. The summed E-state index contributed by atoms with van der Waals surface area (Å²) in [6, 6.07) is 46.3. The molecule has 4 heterocycles. The van der Waals surface area contributed by atoms with Crippen LogP contribution in [0.2, 0.25) is 0 Å². The van der Waals surface area contributed by atoms with E-state index in [0.717, 1.165) is 61.9 Å². The number of para-hydroxylation sites is 2. The third-order valence-corrected chi connectivity index (χ3v) is 9.55. The van der Waals surface area contributed by atoms with Gasteiger partial charge in [0.1, 0.15) is 24.0 Å². The van der Waals surface area contributed by atoms with E-state index in [1.54, 1.807) is 0 Å². The van der Waals surface area contributed by atoms with Crippen molar-refractivity contribution in [2.75, 3.05) is 16.5 Å². The van der Waals surface area contributed by atoms with Gasteiger partial charge in [-0.3, -0.25) is 9.47 Å². The molecule has 5 aromatic carbocycles. The lowest BCUT2D eigenvalue weighted by Gasteiger charge is -2.34. The van der Waals surface area contributed by atoms with Crippen molar-refractivity contribution in [2.24, 2.45) is 0 Å². The number of anilines is 2. The Kier molecular flexibility index (Phi) is 6.76. The minimum Gasteiger partial charge on any atom is -0.538 e. The van der Waals surface area contributed by atoms with E-state index in [0.29, 0.717) is 6.67 Å². The zero-order valence-corrected chi connectivity index (χ0v) is 27.7. The van der Waals surface area contributed by atoms with Crippen LogP contribution in [0, 0.1) is 0 Å². The van der Waals surface area contributed by atoms with E-state index in [2.05, 4.69) is 157 Å². The molecule has 2 aromatic heterocycles. The summed E-state index contributed by atoms with van der Waals surface area (Å²) in [5.41, 5.74) is 7.81. The van der Waals surface area contributed by atoms with Gasteiger partial charge in [0.05, 0.1) is 17.2 Å². The Morgan fingerprint density at radius 3 is 2.24 bits per heavy atom. The number of hydrogen-bond acceptors (Lipinski definition) is 5. The molecule has 0 spiro atoms. The van der Waals surface area contributed by atoms with E-state index in [1.165, 1.54) is 10.9 Å². The van der Waals surface area contributed by atoms with Crippen LogP contribution < -0.4 is 25.5 Å². The predicted octanol–water partition coefficient (Wildman–Crippen LogP) is 8.49. The van der Waals surface area contributed by atoms with Crippen molar-refractivity contribution >= 4 is 51.0 Å². The van der Waals surface area contributed by atoms with Gasteiger partial charge in [0, 0.05) is 40.5 Å². The molecule has 0 saturated heterocycles. The van der Waals surface area contributed by atoms with Gasteiger partial charge in [-0.25, -0.2) is 4.98 Å². The maximum Gasteiger partial charge on any atom is 0.430 e. The second kappa shape index (κ2) is 11.3. The van der Waals surface area contributed by atoms with E-state index in [1.807, 2.05) is 24.4 Å². The molecule has 0 fully saturated rings. The lowest BCUT2D eigenvalue weighted by atomic mass is 9.54. The van der Waals surface area contributed by atoms with Gasteiger partial charge in [-0.1, -0.05) is 93.6 Å². The van der Waals surface area contributed by atoms with Crippen molar-refractivity contribution in [2.45, 2.75) is 26.2 Å². The van der Waals surface area contributed by atoms with E-state index < -0.39 is 0 Å². The van der Waals surface area contributed by atoms with Gasteiger partial charge in [0.25, 0.3) is 0 Å². The van der Waals surface area contributed by atoms with Crippen LogP contribution in [0.4, 0.5) is 11.4 Å². The number of fused-ring (bicyclic) bond motifs is 6. The minimum absolute atomic E-state index is 0.00422. The molecule has 2 aliphatic heterocycles. The van der Waals surface area contributed by atoms with Crippen LogP contribution in [-0.4, -0.2) is 23.1 Å². The Morgan fingerprint density at radius 1 is 0.714 bits per heavy atom. The Bertz CT molecular complexity index is 2380. The number of benzene rings is 5. The van der Waals surface area contributed by atoms with Gasteiger partial charge < -0.3 is 14.3 Å². The summed E-state index contributed by atoms with van der Waals surface area (Å²) in [4.78, 5) is 9.29. The van der Waals surface area contributed by atoms with E-state index >= 15 is 0 Å². The van der Waals surface area contributed by atoms with Crippen LogP contribution in [0.5, 0.6) is 11.5 Å². The summed E-state index contributed by atoms with van der Waals surface area (Å²) in [5.74, 6) is 3.24. The zero-order chi connectivity index (χ0) is 33.1. The number of aromatic nitrogens is 2. The number of rotatable bonds is 5. The second-order valence-electron chi connectivity index (χ2n) is 13.8. The van der Waals surface area contributed by atoms with Crippen LogP contribution in [0.15, 0.2) is 152 Å². The monoisotopic (exact) mass is 638 g/mol. The van der Waals surface area contributed by atoms with Crippen LogP contribution >= 0.6 is 0 Å². The highest BCUT2D eigenvalue weighted by molar-refractivity contribution is 6.81. The maximum absolute atomic E-state index is 6.69. The van der Waals surface area contributed by atoms with Crippen LogP contribution in [0.3, 0.4) is 0 Å². The molecule has 0 amide bonds. The quantitative estimate of drug-likeness (QED) is 0.177. The molecule has 2 aliphatic rings. The van der Waals surface area contributed by atoms with Crippen LogP contribution in [0.25, 0.3) is 27.6 Å². The fourth-order valence-corrected chi connectivity index (χ4v) is 7.04. The third kappa shape index (κ3) is 5.10. The van der Waals surface area contributed by atoms with Gasteiger partial charge >= 0.3 is 6.92 Å². The molecule has 9 rings (SSSR count). The Labute approximate surface area is 286 Å². The number of pyridine rings is 1. The molecule has 0 atom stereocenters. The zero-order valence-electron chi connectivity index (χ0n) is 27.7. The SMILES string of the molecule is CC(C)(C)c1ccnc(-n2c3ccccc3c3ccc(Oc4ccc5c(c4)N4CN(c6ccccc6)C=C4OB5c4ccccc4)cc32)c1. The number of hydrogen-bond donors (Lipinski definition) is 0. The van der Waals surface area contributed by atoms with Crippen molar-refractivity contribution in [1.82, 2.24) is 9.55 Å². The highest BCUT2D eigenvalue weighted by Gasteiger charge is 2.39. The first-order valence-corrected chi connectivity index (χ1v) is 16.8. The summed E-state index contributed by atoms with van der Waals surface area (Å²) in [7, 11) is 0. The van der Waals surface area contributed by atoms with Gasteiger partial charge in [-0.15, -0.1) is 0 Å². The van der Waals surface area contributed by atoms with Crippen molar-refractivity contribution in [1.29, 1.82) is 0 Å². The molecular weight excluding hydrogens is 603 g/mol. The molecule has 0 aliphatic carbocycles. The number of nitrogens with zero attached hydrogens (tertiary/aromatic N) is 4.